The van der Waals surface area contributed by atoms with E-state index in [-0.39, 0.29) is 11.4 Å². The van der Waals surface area contributed by atoms with E-state index in [1.54, 1.807) is 0 Å². The van der Waals surface area contributed by atoms with Crippen molar-refractivity contribution in [2.75, 3.05) is 38.0 Å². The van der Waals surface area contributed by atoms with Crippen LogP contribution in [0.15, 0.2) is 146 Å². The summed E-state index contributed by atoms with van der Waals surface area (Å²) in [6.07, 6.45) is 0. The van der Waals surface area contributed by atoms with Gasteiger partial charge in [0.1, 0.15) is 12.1 Å². The molecule has 1 heterocycles. The van der Waals surface area contributed by atoms with E-state index in [1.807, 2.05) is 137 Å². The molecule has 0 amide bonds. The molecule has 266 valence electrons. The van der Waals surface area contributed by atoms with Gasteiger partial charge in [0.15, 0.2) is 11.4 Å². The van der Waals surface area contributed by atoms with Crippen molar-refractivity contribution in [3.05, 3.63) is 179 Å². The molecule has 0 aliphatic carbocycles. The topological polar surface area (TPSA) is 79.8 Å². The molecule has 1 aromatic heterocycles. The Hall–Kier alpha value is -7.90. The van der Waals surface area contributed by atoms with Gasteiger partial charge in [-0.3, -0.25) is 0 Å². The lowest BCUT2D eigenvalue weighted by atomic mass is 9.97. The maximum atomic E-state index is 9.81. The first-order valence-corrected chi connectivity index (χ1v) is 18.0. The van der Waals surface area contributed by atoms with Crippen LogP contribution in [0.4, 0.5) is 11.4 Å². The summed E-state index contributed by atoms with van der Waals surface area (Å²) in [4.78, 5) is 13.4. The molecule has 6 heteroatoms. The summed E-state index contributed by atoms with van der Waals surface area (Å²) in [5.74, 6) is 13.0. The van der Waals surface area contributed by atoms with Crippen molar-refractivity contribution in [2.45, 2.75) is 0 Å². The minimum atomic E-state index is -0.00828. The summed E-state index contributed by atoms with van der Waals surface area (Å²) >= 11 is 0. The molecule has 0 N–H and O–H groups in total. The largest absolute Gasteiger partial charge is 0.378 e. The molecule has 7 aromatic rings. The van der Waals surface area contributed by atoms with Crippen molar-refractivity contribution in [3.63, 3.8) is 0 Å². The van der Waals surface area contributed by atoms with Gasteiger partial charge in [-0.05, 0) is 95.1 Å². The Morgan fingerprint density at radius 1 is 0.339 bits per heavy atom. The molecule has 0 aliphatic rings. The molecule has 0 atom stereocenters. The Bertz CT molecular complexity index is 2520. The van der Waals surface area contributed by atoms with Gasteiger partial charge < -0.3 is 9.80 Å². The predicted octanol–water partition coefficient (Wildman–Crippen LogP) is 9.82. The molecule has 0 unspecified atom stereocenters. The fourth-order valence-electron chi connectivity index (χ4n) is 6.10. The second-order valence-electron chi connectivity index (χ2n) is 13.5. The van der Waals surface area contributed by atoms with Gasteiger partial charge in [-0.25, -0.2) is 9.97 Å². The average Bonchev–Trinajstić information content (AvgIpc) is 3.25. The van der Waals surface area contributed by atoms with Crippen LogP contribution in [0, 0.1) is 46.3 Å². The molecule has 0 bridgehead atoms. The third-order valence-electron chi connectivity index (χ3n) is 9.33. The Labute approximate surface area is 328 Å². The van der Waals surface area contributed by atoms with E-state index in [0.717, 1.165) is 67.0 Å². The Balaban J connectivity index is 1.10. The second-order valence-corrected chi connectivity index (χ2v) is 13.5. The first kappa shape index (κ1) is 36.5. The van der Waals surface area contributed by atoms with Gasteiger partial charge in [0, 0.05) is 72.9 Å². The Kier molecular flexibility index (Phi) is 10.7. The number of hydrogen-bond donors (Lipinski definition) is 0. The first-order chi connectivity index (χ1) is 27.3. The van der Waals surface area contributed by atoms with Gasteiger partial charge in [-0.15, -0.1) is 0 Å². The summed E-state index contributed by atoms with van der Waals surface area (Å²) in [6, 6.07) is 52.7. The van der Waals surface area contributed by atoms with Crippen molar-refractivity contribution >= 4 is 11.4 Å². The third-order valence-corrected chi connectivity index (χ3v) is 9.33. The first-order valence-electron chi connectivity index (χ1n) is 18.0. The molecule has 7 rings (SSSR count). The number of nitriles is 2. The number of nitrogens with zero attached hydrogens (tertiary/aromatic N) is 6. The molecule has 56 heavy (non-hydrogen) atoms. The van der Waals surface area contributed by atoms with E-state index in [2.05, 4.69) is 92.0 Å². The monoisotopic (exact) mass is 720 g/mol. The highest BCUT2D eigenvalue weighted by Gasteiger charge is 2.17. The van der Waals surface area contributed by atoms with E-state index in [4.69, 9.17) is 0 Å². The van der Waals surface area contributed by atoms with Crippen LogP contribution in [0.2, 0.25) is 0 Å². The normalized spacial score (nSPS) is 10.2. The quantitative estimate of drug-likeness (QED) is 0.159. The van der Waals surface area contributed by atoms with Crippen LogP contribution in [-0.4, -0.2) is 38.2 Å². The van der Waals surface area contributed by atoms with E-state index in [9.17, 15) is 10.5 Å². The van der Waals surface area contributed by atoms with Crippen LogP contribution in [0.1, 0.15) is 33.6 Å². The molecule has 6 aromatic carbocycles. The van der Waals surface area contributed by atoms with Gasteiger partial charge in [-0.1, -0.05) is 96.5 Å². The average molecular weight is 721 g/mol. The van der Waals surface area contributed by atoms with Crippen LogP contribution in [-0.2, 0) is 0 Å². The van der Waals surface area contributed by atoms with Crippen molar-refractivity contribution < 1.29 is 0 Å². The number of rotatable bonds is 6. The van der Waals surface area contributed by atoms with E-state index >= 15 is 0 Å². The highest BCUT2D eigenvalue weighted by Crippen LogP contribution is 2.33. The minimum absolute atomic E-state index is 0.00828. The second kappa shape index (κ2) is 16.4. The molecule has 0 aliphatic heterocycles. The lowest BCUT2D eigenvalue weighted by Crippen LogP contribution is -2.07. The number of aromatic nitrogens is 2. The van der Waals surface area contributed by atoms with Gasteiger partial charge in [0.25, 0.3) is 0 Å². The SMILES string of the molecule is CN(C)c1ccc(C#Cc2ccc(-c3ccc(-c4nc(C#N)c(C#N)nc4-c4ccc(-c5ccc(C#Cc6ccc(N(C)C)cc6)cc5)cc4)cc3)cc2)cc1. The zero-order valence-corrected chi connectivity index (χ0v) is 31.5. The van der Waals surface area contributed by atoms with Crippen LogP contribution in [0.25, 0.3) is 44.8 Å². The van der Waals surface area contributed by atoms with Gasteiger partial charge in [-0.2, -0.15) is 10.5 Å². The Morgan fingerprint density at radius 3 is 0.821 bits per heavy atom. The number of benzene rings is 6. The molecular formula is C50H36N6. The molecular weight excluding hydrogens is 685 g/mol. The zero-order valence-electron chi connectivity index (χ0n) is 31.5. The summed E-state index contributed by atoms with van der Waals surface area (Å²) in [5, 5.41) is 19.6. The van der Waals surface area contributed by atoms with E-state index < -0.39 is 0 Å². The molecule has 0 spiro atoms. The summed E-state index contributed by atoms with van der Waals surface area (Å²) < 4.78 is 0. The van der Waals surface area contributed by atoms with Crippen molar-refractivity contribution in [3.8, 4) is 80.6 Å². The molecule has 0 saturated carbocycles. The van der Waals surface area contributed by atoms with Crippen LogP contribution >= 0.6 is 0 Å². The van der Waals surface area contributed by atoms with Crippen LogP contribution < -0.4 is 9.80 Å². The van der Waals surface area contributed by atoms with Crippen molar-refractivity contribution in [2.24, 2.45) is 0 Å². The zero-order chi connectivity index (χ0) is 39.0. The number of anilines is 2. The molecule has 0 fully saturated rings. The molecule has 6 nitrogen and oxygen atoms in total. The van der Waals surface area contributed by atoms with Gasteiger partial charge in [0.2, 0.25) is 0 Å². The maximum absolute atomic E-state index is 9.81. The highest BCUT2D eigenvalue weighted by atomic mass is 15.1. The fourth-order valence-corrected chi connectivity index (χ4v) is 6.10. The lowest BCUT2D eigenvalue weighted by molar-refractivity contribution is 1.13. The van der Waals surface area contributed by atoms with E-state index in [0.29, 0.717) is 11.4 Å². The standard InChI is InChI=1S/C50H36N6/c1-55(2)45-29-13-37(14-30-45)7-5-35-9-17-39(18-10-35)41-21-25-43(26-22-41)49-50(54-48(34-52)47(33-51)53-49)44-27-23-42(24-28-44)40-19-11-36(12-20-40)6-8-38-15-31-46(32-16-38)56(3)4/h9-32H,1-4H3. The molecule has 0 radical (unpaired) electrons. The minimum Gasteiger partial charge on any atom is -0.378 e. The third kappa shape index (κ3) is 8.33. The maximum Gasteiger partial charge on any atom is 0.177 e. The Morgan fingerprint density at radius 2 is 0.571 bits per heavy atom. The van der Waals surface area contributed by atoms with Crippen LogP contribution in [0.5, 0.6) is 0 Å². The smallest absolute Gasteiger partial charge is 0.177 e. The summed E-state index contributed by atoms with van der Waals surface area (Å²) in [7, 11) is 8.07. The molecule has 0 saturated heterocycles. The fraction of sp³-hybridized carbons (Fsp3) is 0.0800. The summed E-state index contributed by atoms with van der Waals surface area (Å²) in [6.45, 7) is 0. The van der Waals surface area contributed by atoms with E-state index in [1.165, 1.54) is 0 Å². The number of hydrogen-bond acceptors (Lipinski definition) is 6. The summed E-state index contributed by atoms with van der Waals surface area (Å²) in [5.41, 5.74) is 12.8. The van der Waals surface area contributed by atoms with Crippen molar-refractivity contribution in [1.82, 2.24) is 9.97 Å². The predicted molar refractivity (Wildman–Crippen MR) is 227 cm³/mol. The van der Waals surface area contributed by atoms with Gasteiger partial charge in [0.05, 0.1) is 11.4 Å². The van der Waals surface area contributed by atoms with Gasteiger partial charge >= 0.3 is 0 Å². The highest BCUT2D eigenvalue weighted by molar-refractivity contribution is 5.81. The lowest BCUT2D eigenvalue weighted by Gasteiger charge is -2.12. The van der Waals surface area contributed by atoms with Crippen LogP contribution in [0.3, 0.4) is 0 Å². The van der Waals surface area contributed by atoms with Crippen molar-refractivity contribution in [1.29, 1.82) is 10.5 Å².